The largest absolute Gasteiger partial charge is 0.475 e. The Labute approximate surface area is 115 Å². The predicted octanol–water partition coefficient (Wildman–Crippen LogP) is 1.84. The third kappa shape index (κ3) is 4.35. The molecule has 2 heterocycles. The van der Waals surface area contributed by atoms with Gasteiger partial charge in [0, 0.05) is 25.7 Å². The van der Waals surface area contributed by atoms with E-state index in [4.69, 9.17) is 4.74 Å². The molecule has 1 aliphatic rings. The standard InChI is InChI=1S/C14H24N4O/c1-11(2)19-14-8-13(16-10-17-14)18(3)9-12-6-4-5-7-15-12/h8,10-12,15H,4-7,9H2,1-3H3. The summed E-state index contributed by atoms with van der Waals surface area (Å²) >= 11 is 0. The van der Waals surface area contributed by atoms with E-state index < -0.39 is 0 Å². The summed E-state index contributed by atoms with van der Waals surface area (Å²) in [6, 6.07) is 2.46. The summed E-state index contributed by atoms with van der Waals surface area (Å²) in [6.45, 7) is 6.09. The lowest BCUT2D eigenvalue weighted by Crippen LogP contribution is -2.42. The highest BCUT2D eigenvalue weighted by Gasteiger charge is 2.15. The third-order valence-electron chi connectivity index (χ3n) is 3.28. The number of rotatable bonds is 5. The van der Waals surface area contributed by atoms with Crippen molar-refractivity contribution >= 4 is 5.82 Å². The van der Waals surface area contributed by atoms with Crippen molar-refractivity contribution in [3.63, 3.8) is 0 Å². The molecule has 1 aliphatic heterocycles. The van der Waals surface area contributed by atoms with Crippen LogP contribution in [0.4, 0.5) is 5.82 Å². The topological polar surface area (TPSA) is 50.3 Å². The zero-order valence-electron chi connectivity index (χ0n) is 12.1. The van der Waals surface area contributed by atoms with E-state index in [9.17, 15) is 0 Å². The molecule has 5 heteroatoms. The minimum Gasteiger partial charge on any atom is -0.475 e. The number of aromatic nitrogens is 2. The smallest absolute Gasteiger partial charge is 0.218 e. The summed E-state index contributed by atoms with van der Waals surface area (Å²) in [4.78, 5) is 10.6. The molecule has 1 N–H and O–H groups in total. The van der Waals surface area contributed by atoms with Gasteiger partial charge in [0.05, 0.1) is 6.10 Å². The maximum atomic E-state index is 5.60. The van der Waals surface area contributed by atoms with Gasteiger partial charge in [0.25, 0.3) is 0 Å². The Hall–Kier alpha value is -1.36. The Balaban J connectivity index is 1.95. The van der Waals surface area contributed by atoms with Gasteiger partial charge < -0.3 is 15.0 Å². The maximum Gasteiger partial charge on any atom is 0.218 e. The molecule has 0 spiro atoms. The number of anilines is 1. The molecule has 0 amide bonds. The lowest BCUT2D eigenvalue weighted by molar-refractivity contribution is 0.232. The van der Waals surface area contributed by atoms with Gasteiger partial charge in [0.2, 0.25) is 5.88 Å². The van der Waals surface area contributed by atoms with Crippen LogP contribution in [0.3, 0.4) is 0 Å². The van der Waals surface area contributed by atoms with Crippen LogP contribution in [0.15, 0.2) is 12.4 Å². The van der Waals surface area contributed by atoms with Crippen molar-refractivity contribution in [2.75, 3.05) is 25.0 Å². The number of piperidine rings is 1. The Morgan fingerprint density at radius 2 is 2.26 bits per heavy atom. The molecule has 1 aromatic rings. The summed E-state index contributed by atoms with van der Waals surface area (Å²) in [7, 11) is 2.07. The van der Waals surface area contributed by atoms with E-state index in [0.717, 1.165) is 18.9 Å². The van der Waals surface area contributed by atoms with Crippen molar-refractivity contribution in [1.82, 2.24) is 15.3 Å². The molecule has 0 aromatic carbocycles. The maximum absolute atomic E-state index is 5.60. The van der Waals surface area contributed by atoms with E-state index >= 15 is 0 Å². The fourth-order valence-corrected chi connectivity index (χ4v) is 2.35. The van der Waals surface area contributed by atoms with Crippen molar-refractivity contribution in [3.05, 3.63) is 12.4 Å². The lowest BCUT2D eigenvalue weighted by Gasteiger charge is -2.28. The monoisotopic (exact) mass is 264 g/mol. The molecular weight excluding hydrogens is 240 g/mol. The van der Waals surface area contributed by atoms with E-state index in [-0.39, 0.29) is 6.10 Å². The molecule has 0 bridgehead atoms. The molecule has 1 fully saturated rings. The molecule has 1 saturated heterocycles. The van der Waals surface area contributed by atoms with Crippen LogP contribution >= 0.6 is 0 Å². The zero-order chi connectivity index (χ0) is 13.7. The van der Waals surface area contributed by atoms with Gasteiger partial charge in [-0.25, -0.2) is 9.97 Å². The molecule has 1 atom stereocenters. The van der Waals surface area contributed by atoms with Crippen LogP contribution in [0.1, 0.15) is 33.1 Å². The SMILES string of the molecule is CC(C)Oc1cc(N(C)CC2CCCCN2)ncn1. The average molecular weight is 264 g/mol. The number of ether oxygens (including phenoxy) is 1. The molecule has 2 rings (SSSR count). The van der Waals surface area contributed by atoms with Gasteiger partial charge in [-0.15, -0.1) is 0 Å². The lowest BCUT2D eigenvalue weighted by atomic mass is 10.0. The predicted molar refractivity (Wildman–Crippen MR) is 76.7 cm³/mol. The van der Waals surface area contributed by atoms with E-state index in [1.54, 1.807) is 6.33 Å². The fourth-order valence-electron chi connectivity index (χ4n) is 2.35. The minimum atomic E-state index is 0.132. The van der Waals surface area contributed by atoms with E-state index in [1.807, 2.05) is 19.9 Å². The van der Waals surface area contributed by atoms with Crippen molar-refractivity contribution in [2.45, 2.75) is 45.3 Å². The number of likely N-dealkylation sites (N-methyl/N-ethyl adjacent to an activating group) is 1. The van der Waals surface area contributed by atoms with Crippen LogP contribution in [0.25, 0.3) is 0 Å². The highest BCUT2D eigenvalue weighted by atomic mass is 16.5. The summed E-state index contributed by atoms with van der Waals surface area (Å²) in [6.07, 6.45) is 5.55. The van der Waals surface area contributed by atoms with Crippen LogP contribution in [0.2, 0.25) is 0 Å². The molecule has 19 heavy (non-hydrogen) atoms. The summed E-state index contributed by atoms with van der Waals surface area (Å²) in [5, 5.41) is 3.55. The van der Waals surface area contributed by atoms with E-state index in [0.29, 0.717) is 11.9 Å². The second kappa shape index (κ2) is 6.70. The van der Waals surface area contributed by atoms with Gasteiger partial charge in [-0.3, -0.25) is 0 Å². The van der Waals surface area contributed by atoms with Gasteiger partial charge in [-0.2, -0.15) is 0 Å². The summed E-state index contributed by atoms with van der Waals surface area (Å²) in [5.41, 5.74) is 0. The van der Waals surface area contributed by atoms with Gasteiger partial charge >= 0.3 is 0 Å². The average Bonchev–Trinajstić information content (AvgIpc) is 2.39. The van der Waals surface area contributed by atoms with Crippen molar-refractivity contribution in [1.29, 1.82) is 0 Å². The molecule has 0 radical (unpaired) electrons. The van der Waals surface area contributed by atoms with E-state index in [2.05, 4.69) is 27.2 Å². The quantitative estimate of drug-likeness (QED) is 0.879. The molecule has 1 unspecified atom stereocenters. The Morgan fingerprint density at radius 3 is 2.95 bits per heavy atom. The third-order valence-corrected chi connectivity index (χ3v) is 3.28. The first-order valence-electron chi connectivity index (χ1n) is 7.08. The molecule has 0 saturated carbocycles. The van der Waals surface area contributed by atoms with Crippen LogP contribution in [0.5, 0.6) is 5.88 Å². The summed E-state index contributed by atoms with van der Waals surface area (Å²) in [5.74, 6) is 1.56. The number of hydrogen-bond donors (Lipinski definition) is 1. The molecule has 106 valence electrons. The first kappa shape index (κ1) is 14.1. The normalized spacial score (nSPS) is 19.5. The van der Waals surface area contributed by atoms with Crippen LogP contribution in [-0.4, -0.2) is 42.3 Å². The minimum absolute atomic E-state index is 0.132. The number of hydrogen-bond acceptors (Lipinski definition) is 5. The fraction of sp³-hybridized carbons (Fsp3) is 0.714. The van der Waals surface area contributed by atoms with Gasteiger partial charge in [-0.05, 0) is 33.2 Å². The van der Waals surface area contributed by atoms with Crippen molar-refractivity contribution in [2.24, 2.45) is 0 Å². The summed E-state index contributed by atoms with van der Waals surface area (Å²) < 4.78 is 5.60. The Bertz CT molecular complexity index is 391. The van der Waals surface area contributed by atoms with Crippen LogP contribution in [-0.2, 0) is 0 Å². The van der Waals surface area contributed by atoms with Crippen molar-refractivity contribution < 1.29 is 4.74 Å². The second-order valence-electron chi connectivity index (χ2n) is 5.41. The van der Waals surface area contributed by atoms with E-state index in [1.165, 1.54) is 19.3 Å². The van der Waals surface area contributed by atoms with Gasteiger partial charge in [-0.1, -0.05) is 6.42 Å². The zero-order valence-corrected chi connectivity index (χ0v) is 12.1. The van der Waals surface area contributed by atoms with Gasteiger partial charge in [0.1, 0.15) is 12.1 Å². The molecular formula is C14H24N4O. The molecule has 5 nitrogen and oxygen atoms in total. The highest BCUT2D eigenvalue weighted by molar-refractivity contribution is 5.40. The Morgan fingerprint density at radius 1 is 1.42 bits per heavy atom. The highest BCUT2D eigenvalue weighted by Crippen LogP contribution is 2.17. The second-order valence-corrected chi connectivity index (χ2v) is 5.41. The first-order chi connectivity index (χ1) is 9.15. The molecule has 1 aromatic heterocycles. The van der Waals surface area contributed by atoms with Gasteiger partial charge in [0.15, 0.2) is 0 Å². The van der Waals surface area contributed by atoms with Crippen LogP contribution < -0.4 is 15.0 Å². The Kier molecular flexibility index (Phi) is 4.96. The van der Waals surface area contributed by atoms with Crippen molar-refractivity contribution in [3.8, 4) is 5.88 Å². The van der Waals surface area contributed by atoms with Crippen LogP contribution in [0, 0.1) is 0 Å². The number of nitrogens with zero attached hydrogens (tertiary/aromatic N) is 3. The molecule has 0 aliphatic carbocycles. The first-order valence-corrected chi connectivity index (χ1v) is 7.08. The number of nitrogens with one attached hydrogen (secondary N) is 1.